The number of carbonyl (C=O) groups is 2. The Balaban J connectivity index is 1.75. The van der Waals surface area contributed by atoms with Crippen LogP contribution in [0.15, 0.2) is 66.7 Å². The Bertz CT molecular complexity index is 1530. The molecule has 12 heteroatoms. The van der Waals surface area contributed by atoms with Gasteiger partial charge in [0.1, 0.15) is 12.6 Å². The minimum absolute atomic E-state index is 0.00238. The van der Waals surface area contributed by atoms with E-state index in [1.54, 1.807) is 18.2 Å². The highest BCUT2D eigenvalue weighted by atomic mass is 35.5. The van der Waals surface area contributed by atoms with Gasteiger partial charge in [0.05, 0.1) is 22.0 Å². The molecule has 230 valence electrons. The lowest BCUT2D eigenvalue weighted by Crippen LogP contribution is -2.55. The summed E-state index contributed by atoms with van der Waals surface area (Å²) < 4.78 is 26.9. The lowest BCUT2D eigenvalue weighted by molar-refractivity contribution is -0.140. The first-order chi connectivity index (χ1) is 20.4. The van der Waals surface area contributed by atoms with Crippen LogP contribution in [0.1, 0.15) is 43.2 Å². The second-order valence-corrected chi connectivity index (χ2v) is 14.3. The fourth-order valence-electron chi connectivity index (χ4n) is 5.23. The number of hydrogen-bond acceptors (Lipinski definition) is 4. The third-order valence-corrected chi connectivity index (χ3v) is 9.69. The van der Waals surface area contributed by atoms with E-state index in [1.165, 1.54) is 23.1 Å². The number of nitrogens with one attached hydrogen (secondary N) is 1. The van der Waals surface area contributed by atoms with E-state index in [0.29, 0.717) is 15.6 Å². The molecule has 1 N–H and O–H groups in total. The van der Waals surface area contributed by atoms with Gasteiger partial charge < -0.3 is 10.2 Å². The number of anilines is 1. The zero-order chi connectivity index (χ0) is 31.1. The maximum absolute atomic E-state index is 14.2. The van der Waals surface area contributed by atoms with Crippen molar-refractivity contribution in [3.8, 4) is 0 Å². The number of carbonyl (C=O) groups excluding carboxylic acids is 2. The molecule has 0 aromatic heterocycles. The van der Waals surface area contributed by atoms with Gasteiger partial charge >= 0.3 is 0 Å². The molecule has 3 aromatic rings. The van der Waals surface area contributed by atoms with Crippen LogP contribution in [0.4, 0.5) is 5.69 Å². The fraction of sp³-hybridized carbons (Fsp3) is 0.355. The van der Waals surface area contributed by atoms with E-state index in [2.05, 4.69) is 5.32 Å². The van der Waals surface area contributed by atoms with Gasteiger partial charge in [-0.3, -0.25) is 13.9 Å². The zero-order valence-corrected chi connectivity index (χ0v) is 27.5. The molecular formula is C31H33Cl4N3O4S. The van der Waals surface area contributed by atoms with Crippen LogP contribution < -0.4 is 9.62 Å². The Labute approximate surface area is 273 Å². The van der Waals surface area contributed by atoms with Gasteiger partial charge in [-0.25, -0.2) is 8.42 Å². The van der Waals surface area contributed by atoms with Crippen molar-refractivity contribution in [1.82, 2.24) is 10.2 Å². The third kappa shape index (κ3) is 9.50. The standard InChI is InChI=1S/C31H33Cl4N3O4S/c1-43(41,42)38(26-17-23(32)16-24(33)18-26)20-30(39)37(19-22-12-13-27(34)28(35)14-22)29(15-21-8-4-2-5-9-21)31(40)36-25-10-6-3-7-11-25/h2,4-5,8-9,12-14,16-18,25,29H,3,6-7,10-11,15,19-20H2,1H3,(H,36,40)/t29-/m0/s1. The van der Waals surface area contributed by atoms with E-state index in [1.807, 2.05) is 30.3 Å². The molecule has 3 aromatic carbocycles. The van der Waals surface area contributed by atoms with Crippen LogP contribution in [-0.2, 0) is 32.6 Å². The molecule has 0 unspecified atom stereocenters. The largest absolute Gasteiger partial charge is 0.352 e. The number of hydrogen-bond donors (Lipinski definition) is 1. The van der Waals surface area contributed by atoms with Crippen molar-refractivity contribution >= 4 is 73.9 Å². The SMILES string of the molecule is CS(=O)(=O)N(CC(=O)N(Cc1ccc(Cl)c(Cl)c1)[C@@H](Cc1ccccc1)C(=O)NC1CCCCC1)c1cc(Cl)cc(Cl)c1. The predicted octanol–water partition coefficient (Wildman–Crippen LogP) is 7.16. The van der Waals surface area contributed by atoms with Gasteiger partial charge in [-0.05, 0) is 54.3 Å². The van der Waals surface area contributed by atoms with Crippen molar-refractivity contribution in [3.05, 3.63) is 97.9 Å². The van der Waals surface area contributed by atoms with Gasteiger partial charge in [-0.1, -0.05) is 102 Å². The predicted molar refractivity (Wildman–Crippen MR) is 175 cm³/mol. The summed E-state index contributed by atoms with van der Waals surface area (Å²) in [5.41, 5.74) is 1.61. The topological polar surface area (TPSA) is 86.8 Å². The van der Waals surface area contributed by atoms with Crippen molar-refractivity contribution in [2.24, 2.45) is 0 Å². The molecule has 1 fully saturated rings. The Morgan fingerprint density at radius 1 is 0.860 bits per heavy atom. The normalized spacial score (nSPS) is 14.6. The van der Waals surface area contributed by atoms with Crippen LogP contribution >= 0.6 is 46.4 Å². The van der Waals surface area contributed by atoms with Crippen molar-refractivity contribution in [3.63, 3.8) is 0 Å². The number of halogens is 4. The fourth-order valence-corrected chi connectivity index (χ4v) is 6.90. The first-order valence-electron chi connectivity index (χ1n) is 13.9. The highest BCUT2D eigenvalue weighted by Gasteiger charge is 2.34. The number of nitrogens with zero attached hydrogens (tertiary/aromatic N) is 2. The monoisotopic (exact) mass is 683 g/mol. The van der Waals surface area contributed by atoms with Crippen molar-refractivity contribution in [1.29, 1.82) is 0 Å². The number of benzene rings is 3. The first-order valence-corrected chi connectivity index (χ1v) is 17.3. The lowest BCUT2D eigenvalue weighted by atomic mass is 9.94. The molecule has 0 aliphatic heterocycles. The van der Waals surface area contributed by atoms with Crippen molar-refractivity contribution in [2.45, 2.75) is 57.2 Å². The first kappa shape index (κ1) is 33.4. The van der Waals surface area contributed by atoms with Gasteiger partial charge in [0.2, 0.25) is 21.8 Å². The summed E-state index contributed by atoms with van der Waals surface area (Å²) in [6, 6.07) is 17.7. The number of rotatable bonds is 11. The molecule has 0 saturated heterocycles. The van der Waals surface area contributed by atoms with E-state index in [-0.39, 0.29) is 40.6 Å². The smallest absolute Gasteiger partial charge is 0.244 e. The van der Waals surface area contributed by atoms with Crippen molar-refractivity contribution < 1.29 is 18.0 Å². The van der Waals surface area contributed by atoms with Crippen LogP contribution in [0.2, 0.25) is 20.1 Å². The van der Waals surface area contributed by atoms with E-state index in [9.17, 15) is 18.0 Å². The van der Waals surface area contributed by atoms with E-state index in [0.717, 1.165) is 48.2 Å². The molecule has 1 aliphatic rings. The van der Waals surface area contributed by atoms with E-state index in [4.69, 9.17) is 46.4 Å². The van der Waals surface area contributed by atoms with Crippen LogP contribution in [0, 0.1) is 0 Å². The molecule has 43 heavy (non-hydrogen) atoms. The summed E-state index contributed by atoms with van der Waals surface area (Å²) in [5, 5.41) is 4.23. The Morgan fingerprint density at radius 2 is 1.51 bits per heavy atom. The third-order valence-electron chi connectivity index (χ3n) is 7.37. The molecule has 0 bridgehead atoms. The summed E-state index contributed by atoms with van der Waals surface area (Å²) in [5.74, 6) is -0.895. The molecule has 0 heterocycles. The summed E-state index contributed by atoms with van der Waals surface area (Å²) in [4.78, 5) is 29.7. The van der Waals surface area contributed by atoms with E-state index < -0.39 is 28.5 Å². The minimum atomic E-state index is -3.96. The van der Waals surface area contributed by atoms with Gasteiger partial charge in [-0.15, -0.1) is 0 Å². The molecule has 1 atom stereocenters. The van der Waals surface area contributed by atoms with Crippen LogP contribution in [-0.4, -0.2) is 50.0 Å². The highest BCUT2D eigenvalue weighted by molar-refractivity contribution is 7.92. The quantitative estimate of drug-likeness (QED) is 0.232. The Kier molecular flexibility index (Phi) is 11.6. The highest BCUT2D eigenvalue weighted by Crippen LogP contribution is 2.29. The lowest BCUT2D eigenvalue weighted by Gasteiger charge is -2.35. The summed E-state index contributed by atoms with van der Waals surface area (Å²) >= 11 is 24.8. The molecule has 2 amide bonds. The summed E-state index contributed by atoms with van der Waals surface area (Å²) in [6.45, 7) is -0.599. The molecule has 0 spiro atoms. The van der Waals surface area contributed by atoms with Crippen LogP contribution in [0.5, 0.6) is 0 Å². The maximum atomic E-state index is 14.2. The molecule has 1 saturated carbocycles. The molecule has 4 rings (SSSR count). The van der Waals surface area contributed by atoms with Gasteiger partial charge in [0.25, 0.3) is 0 Å². The maximum Gasteiger partial charge on any atom is 0.244 e. The Hall–Kier alpha value is -2.49. The minimum Gasteiger partial charge on any atom is -0.352 e. The van der Waals surface area contributed by atoms with Gasteiger partial charge in [-0.2, -0.15) is 0 Å². The van der Waals surface area contributed by atoms with Crippen molar-refractivity contribution in [2.75, 3.05) is 17.1 Å². The number of sulfonamides is 1. The summed E-state index contributed by atoms with van der Waals surface area (Å²) in [6.07, 6.45) is 6.10. The second kappa shape index (κ2) is 15.0. The molecule has 7 nitrogen and oxygen atoms in total. The second-order valence-electron chi connectivity index (χ2n) is 10.7. The summed E-state index contributed by atoms with van der Waals surface area (Å²) in [7, 11) is -3.96. The van der Waals surface area contributed by atoms with Gasteiger partial charge in [0.15, 0.2) is 0 Å². The average Bonchev–Trinajstić information content (AvgIpc) is 2.95. The van der Waals surface area contributed by atoms with Gasteiger partial charge in [0, 0.05) is 29.1 Å². The zero-order valence-electron chi connectivity index (χ0n) is 23.6. The van der Waals surface area contributed by atoms with Crippen LogP contribution in [0.3, 0.4) is 0 Å². The molecular weight excluding hydrogens is 652 g/mol. The van der Waals surface area contributed by atoms with E-state index >= 15 is 0 Å². The number of amides is 2. The van der Waals surface area contributed by atoms with Crippen LogP contribution in [0.25, 0.3) is 0 Å². The molecule has 1 aliphatic carbocycles. The molecule has 0 radical (unpaired) electrons. The average molecular weight is 686 g/mol. The Morgan fingerprint density at radius 3 is 2.12 bits per heavy atom.